The number of rotatable bonds is 6. The van der Waals surface area contributed by atoms with Crippen LogP contribution in [0.4, 0.5) is 13.2 Å². The van der Waals surface area contributed by atoms with Crippen LogP contribution in [0.5, 0.6) is 0 Å². The molecule has 2 heterocycles. The first-order valence-corrected chi connectivity index (χ1v) is 10.1. The van der Waals surface area contributed by atoms with Gasteiger partial charge in [0.1, 0.15) is 5.01 Å². The second-order valence-corrected chi connectivity index (χ2v) is 7.59. The molecule has 0 atom stereocenters. The number of aromatic nitrogens is 1. The van der Waals surface area contributed by atoms with E-state index in [9.17, 15) is 18.0 Å². The zero-order valence-corrected chi connectivity index (χ0v) is 16.4. The fourth-order valence-electron chi connectivity index (χ4n) is 3.26. The lowest BCUT2D eigenvalue weighted by molar-refractivity contribution is -0.137. The second-order valence-electron chi connectivity index (χ2n) is 6.73. The van der Waals surface area contributed by atoms with Crippen molar-refractivity contribution in [1.29, 1.82) is 5.26 Å². The summed E-state index contributed by atoms with van der Waals surface area (Å²) in [6.07, 6.45) is -2.54. The van der Waals surface area contributed by atoms with Gasteiger partial charge in [-0.15, -0.1) is 11.3 Å². The minimum absolute atomic E-state index is 0.0534. The number of hydrogen-bond donors (Lipinski definition) is 0. The molecule has 0 unspecified atom stereocenters. The first-order valence-electron chi connectivity index (χ1n) is 9.24. The molecule has 0 saturated carbocycles. The van der Waals surface area contributed by atoms with E-state index in [0.29, 0.717) is 36.0 Å². The van der Waals surface area contributed by atoms with E-state index < -0.39 is 11.7 Å². The van der Waals surface area contributed by atoms with Crippen LogP contribution in [0, 0.1) is 11.3 Å². The Hall–Kier alpha value is -2.44. The summed E-state index contributed by atoms with van der Waals surface area (Å²) in [4.78, 5) is 19.0. The van der Waals surface area contributed by atoms with Crippen molar-refractivity contribution in [2.24, 2.45) is 0 Å². The molecule has 0 radical (unpaired) electrons. The highest BCUT2D eigenvalue weighted by Gasteiger charge is 2.30. The quantitative estimate of drug-likeness (QED) is 0.695. The van der Waals surface area contributed by atoms with Crippen LogP contribution >= 0.6 is 11.3 Å². The molecule has 1 aliphatic heterocycles. The van der Waals surface area contributed by atoms with Crippen LogP contribution in [0.15, 0.2) is 29.6 Å². The predicted molar refractivity (Wildman–Crippen MR) is 102 cm³/mol. The average molecular weight is 423 g/mol. The number of amides is 1. The Labute approximate surface area is 170 Å². The summed E-state index contributed by atoms with van der Waals surface area (Å²) in [6.45, 7) is 1.56. The molecule has 1 saturated heterocycles. The minimum Gasteiger partial charge on any atom is -0.381 e. The highest BCUT2D eigenvalue weighted by Crippen LogP contribution is 2.32. The number of carbonyl (C=O) groups is 1. The first kappa shape index (κ1) is 21.3. The first-order chi connectivity index (χ1) is 13.9. The minimum atomic E-state index is -4.38. The molecule has 9 heteroatoms. The van der Waals surface area contributed by atoms with Crippen LogP contribution in [0.1, 0.15) is 30.5 Å². The summed E-state index contributed by atoms with van der Waals surface area (Å²) in [5.74, 6) is -0.101. The molecule has 2 aromatic rings. The number of ether oxygens (including phenoxy) is 1. The lowest BCUT2D eigenvalue weighted by Crippen LogP contribution is -2.44. The summed E-state index contributed by atoms with van der Waals surface area (Å²) in [7, 11) is 0. The maximum Gasteiger partial charge on any atom is 0.416 e. The topological polar surface area (TPSA) is 66.2 Å². The fraction of sp³-hybridized carbons (Fsp3) is 0.450. The van der Waals surface area contributed by atoms with Crippen LogP contribution in [-0.2, 0) is 22.1 Å². The van der Waals surface area contributed by atoms with E-state index in [0.717, 1.165) is 25.0 Å². The Morgan fingerprint density at radius 1 is 1.28 bits per heavy atom. The highest BCUT2D eigenvalue weighted by atomic mass is 32.1. The van der Waals surface area contributed by atoms with Crippen LogP contribution in [-0.4, -0.2) is 41.6 Å². The zero-order valence-electron chi connectivity index (χ0n) is 15.6. The van der Waals surface area contributed by atoms with Crippen molar-refractivity contribution >= 4 is 17.2 Å². The zero-order chi connectivity index (χ0) is 20.9. The van der Waals surface area contributed by atoms with Gasteiger partial charge in [0, 0.05) is 36.7 Å². The molecule has 0 bridgehead atoms. The van der Waals surface area contributed by atoms with Crippen molar-refractivity contribution in [3.8, 4) is 16.6 Å². The van der Waals surface area contributed by atoms with Gasteiger partial charge >= 0.3 is 6.18 Å². The van der Waals surface area contributed by atoms with Gasteiger partial charge in [0.05, 0.1) is 30.2 Å². The Bertz CT molecular complexity index is 868. The van der Waals surface area contributed by atoms with E-state index in [-0.39, 0.29) is 24.8 Å². The molecule has 0 spiro atoms. The summed E-state index contributed by atoms with van der Waals surface area (Å²) < 4.78 is 43.5. The van der Waals surface area contributed by atoms with Crippen LogP contribution in [0.3, 0.4) is 0 Å². The smallest absolute Gasteiger partial charge is 0.381 e. The molecule has 1 aromatic carbocycles. The molecule has 0 aliphatic carbocycles. The van der Waals surface area contributed by atoms with Gasteiger partial charge in [0.15, 0.2) is 0 Å². The van der Waals surface area contributed by atoms with Crippen molar-refractivity contribution in [3.63, 3.8) is 0 Å². The van der Waals surface area contributed by atoms with E-state index in [2.05, 4.69) is 11.1 Å². The van der Waals surface area contributed by atoms with Crippen LogP contribution in [0.2, 0.25) is 0 Å². The van der Waals surface area contributed by atoms with Crippen molar-refractivity contribution in [3.05, 3.63) is 40.9 Å². The second kappa shape index (κ2) is 9.37. The summed E-state index contributed by atoms with van der Waals surface area (Å²) in [5, 5.41) is 11.2. The monoisotopic (exact) mass is 423 g/mol. The van der Waals surface area contributed by atoms with E-state index in [4.69, 9.17) is 10.00 Å². The Balaban J connectivity index is 1.69. The maximum atomic E-state index is 12.8. The summed E-state index contributed by atoms with van der Waals surface area (Å²) in [5.41, 5.74) is 0.439. The van der Waals surface area contributed by atoms with E-state index in [1.165, 1.54) is 23.5 Å². The summed E-state index contributed by atoms with van der Waals surface area (Å²) >= 11 is 1.29. The maximum absolute atomic E-state index is 12.8. The number of carbonyl (C=O) groups excluding carboxylic acids is 1. The van der Waals surface area contributed by atoms with Crippen molar-refractivity contribution < 1.29 is 22.7 Å². The highest BCUT2D eigenvalue weighted by molar-refractivity contribution is 7.13. The van der Waals surface area contributed by atoms with Gasteiger partial charge in [0.2, 0.25) is 5.91 Å². The van der Waals surface area contributed by atoms with Crippen molar-refractivity contribution in [1.82, 2.24) is 9.88 Å². The number of benzene rings is 1. The third kappa shape index (κ3) is 5.55. The van der Waals surface area contributed by atoms with Gasteiger partial charge in [-0.2, -0.15) is 18.4 Å². The molecular formula is C20H20F3N3O2S. The van der Waals surface area contributed by atoms with Gasteiger partial charge in [-0.1, -0.05) is 12.1 Å². The number of nitrogens with zero attached hydrogens (tertiary/aromatic N) is 3. The lowest BCUT2D eigenvalue weighted by atomic mass is 10.1. The van der Waals surface area contributed by atoms with E-state index in [1.54, 1.807) is 10.3 Å². The lowest BCUT2D eigenvalue weighted by Gasteiger charge is -2.33. The Morgan fingerprint density at radius 2 is 1.97 bits per heavy atom. The molecule has 1 fully saturated rings. The normalized spacial score (nSPS) is 15.1. The molecule has 0 N–H and O–H groups in total. The van der Waals surface area contributed by atoms with Crippen molar-refractivity contribution in [2.75, 3.05) is 19.8 Å². The SMILES string of the molecule is N#CCCN(C(=O)Cc1csc(-c2ccc(C(F)(F)F)cc2)n1)C1CCOCC1. The molecule has 5 nitrogen and oxygen atoms in total. The Morgan fingerprint density at radius 3 is 2.59 bits per heavy atom. The predicted octanol–water partition coefficient (Wildman–Crippen LogP) is 4.29. The molecule has 3 rings (SSSR count). The number of alkyl halides is 3. The average Bonchev–Trinajstić information content (AvgIpc) is 3.17. The van der Waals surface area contributed by atoms with Gasteiger partial charge in [-0.05, 0) is 25.0 Å². The van der Waals surface area contributed by atoms with Gasteiger partial charge < -0.3 is 9.64 Å². The number of thiazole rings is 1. The molecule has 1 aliphatic rings. The largest absolute Gasteiger partial charge is 0.416 e. The van der Waals surface area contributed by atoms with Gasteiger partial charge in [-0.25, -0.2) is 4.98 Å². The van der Waals surface area contributed by atoms with E-state index >= 15 is 0 Å². The van der Waals surface area contributed by atoms with Crippen LogP contribution in [0.25, 0.3) is 10.6 Å². The molecule has 29 heavy (non-hydrogen) atoms. The fourth-order valence-corrected chi connectivity index (χ4v) is 4.08. The molecule has 1 aromatic heterocycles. The molecule has 1 amide bonds. The van der Waals surface area contributed by atoms with Crippen molar-refractivity contribution in [2.45, 2.75) is 37.9 Å². The third-order valence-electron chi connectivity index (χ3n) is 4.76. The number of hydrogen-bond acceptors (Lipinski definition) is 5. The van der Waals surface area contributed by atoms with Gasteiger partial charge in [0.25, 0.3) is 0 Å². The molecule has 154 valence electrons. The number of halogens is 3. The third-order valence-corrected chi connectivity index (χ3v) is 5.70. The summed E-state index contributed by atoms with van der Waals surface area (Å²) in [6, 6.07) is 6.95. The van der Waals surface area contributed by atoms with Crippen LogP contribution < -0.4 is 0 Å². The van der Waals surface area contributed by atoms with Gasteiger partial charge in [-0.3, -0.25) is 4.79 Å². The molecular weight excluding hydrogens is 403 g/mol. The Kier molecular flexibility index (Phi) is 6.87. The van der Waals surface area contributed by atoms with E-state index in [1.807, 2.05) is 0 Å². The number of nitriles is 1. The standard InChI is InChI=1S/C20H20F3N3O2S/c21-20(22,23)15-4-2-14(3-5-15)19-25-16(13-29-19)12-18(27)26(9-1-8-24)17-6-10-28-11-7-17/h2-5,13,17H,1,6-7,9-12H2.